The van der Waals surface area contributed by atoms with Crippen LogP contribution in [0.1, 0.15) is 124 Å². The maximum absolute atomic E-state index is 6.21. The van der Waals surface area contributed by atoms with Crippen molar-refractivity contribution < 1.29 is 13.3 Å². The fourth-order valence-electron chi connectivity index (χ4n) is 3.57. The molecule has 176 valence electrons. The van der Waals surface area contributed by atoms with Gasteiger partial charge in [-0.3, -0.25) is 5.32 Å². The van der Waals surface area contributed by atoms with Gasteiger partial charge in [0.15, 0.2) is 0 Å². The van der Waals surface area contributed by atoms with Gasteiger partial charge in [0.1, 0.15) is 5.72 Å². The average molecular weight is 452 g/mol. The predicted molar refractivity (Wildman–Crippen MR) is 128 cm³/mol. The van der Waals surface area contributed by atoms with Gasteiger partial charge in [0, 0.05) is 14.2 Å². The second-order valence-corrected chi connectivity index (χ2v) is 12.1. The lowest BCUT2D eigenvalue weighted by Crippen LogP contribution is -2.52. The van der Waals surface area contributed by atoms with E-state index in [1.165, 1.54) is 111 Å². The smallest absolute Gasteiger partial charge is 0.365 e. The third kappa shape index (κ3) is 18.8. The number of nitrogens with one attached hydrogen (secondary N) is 1. The molecule has 0 spiro atoms. The van der Waals surface area contributed by atoms with E-state index in [-0.39, 0.29) is 0 Å². The molecule has 0 heterocycles. The Hall–Kier alpha value is 0.347. The highest BCUT2D eigenvalue weighted by Gasteiger charge is 2.42. The lowest BCUT2D eigenvalue weighted by Gasteiger charge is -2.32. The van der Waals surface area contributed by atoms with Crippen molar-refractivity contribution in [1.29, 1.82) is 0 Å². The Morgan fingerprint density at radius 2 is 1.00 bits per heavy atom. The molecule has 0 unspecified atom stereocenters. The van der Waals surface area contributed by atoms with E-state index in [4.69, 9.17) is 24.4 Å². The topological polar surface area (TPSA) is 39.7 Å². The van der Waals surface area contributed by atoms with E-state index in [9.17, 15) is 0 Å². The molecule has 29 heavy (non-hydrogen) atoms. The van der Waals surface area contributed by atoms with Crippen molar-refractivity contribution in [2.24, 2.45) is 0 Å². The predicted octanol–water partition coefficient (Wildman–Crippen LogP) is 7.56. The summed E-state index contributed by atoms with van der Waals surface area (Å²) in [6, 6.07) is 0. The van der Waals surface area contributed by atoms with Crippen molar-refractivity contribution in [1.82, 2.24) is 5.32 Å². The Morgan fingerprint density at radius 1 is 0.655 bits per heavy atom. The van der Waals surface area contributed by atoms with E-state index < -0.39 is 13.8 Å². The summed E-state index contributed by atoms with van der Waals surface area (Å²) in [5, 5.41) is 3.40. The van der Waals surface area contributed by atoms with E-state index in [1.54, 1.807) is 0 Å². The summed E-state index contributed by atoms with van der Waals surface area (Å²) in [4.78, 5) is 0. The van der Waals surface area contributed by atoms with Crippen LogP contribution in [0, 0.1) is 0 Å². The van der Waals surface area contributed by atoms with Gasteiger partial charge >= 0.3 is 8.11 Å². The van der Waals surface area contributed by atoms with Gasteiger partial charge < -0.3 is 13.3 Å². The van der Waals surface area contributed by atoms with E-state index in [1.807, 2.05) is 13.8 Å². The molecule has 1 N–H and O–H groups in total. The van der Waals surface area contributed by atoms with Crippen LogP contribution in [0.5, 0.6) is 0 Å². The van der Waals surface area contributed by atoms with Crippen molar-refractivity contribution in [2.75, 3.05) is 20.8 Å². The van der Waals surface area contributed by atoms with Gasteiger partial charge in [0.2, 0.25) is 0 Å². The largest absolute Gasteiger partial charge is 0.614 e. The molecule has 0 aliphatic carbocycles. The Kier molecular flexibility index (Phi) is 19.3. The lowest BCUT2D eigenvalue weighted by molar-refractivity contribution is -0.00183. The number of halogens is 1. The molecule has 0 radical (unpaired) electrons. The van der Waals surface area contributed by atoms with Gasteiger partial charge in [-0.05, 0) is 26.8 Å². The minimum Gasteiger partial charge on any atom is -0.365 e. The monoisotopic (exact) mass is 451 g/mol. The summed E-state index contributed by atoms with van der Waals surface area (Å²) in [6.07, 6.45) is 22.2. The van der Waals surface area contributed by atoms with Crippen LogP contribution in [0.4, 0.5) is 0 Å². The van der Waals surface area contributed by atoms with Crippen LogP contribution in [0.15, 0.2) is 0 Å². The first-order chi connectivity index (χ1) is 13.9. The number of hydrogen-bond donors (Lipinski definition) is 1. The molecule has 0 atom stereocenters. The summed E-state index contributed by atoms with van der Waals surface area (Å²) in [7, 11) is 0.00915. The van der Waals surface area contributed by atoms with Crippen molar-refractivity contribution in [2.45, 2.75) is 129 Å². The first kappa shape index (κ1) is 29.3. The summed E-state index contributed by atoms with van der Waals surface area (Å²) >= 11 is 6.21. The summed E-state index contributed by atoms with van der Waals surface area (Å²) in [5.41, 5.74) is -0.546. The SMILES string of the molecule is CCCCCCCCCCCCCCCCCCNC(C)(C)O[Si](Cl)(OC)OC. The normalized spacial score (nSPS) is 12.6. The van der Waals surface area contributed by atoms with Gasteiger partial charge in [-0.15, -0.1) is 0 Å². The maximum atomic E-state index is 6.21. The number of hydrogen-bond acceptors (Lipinski definition) is 4. The zero-order chi connectivity index (χ0) is 21.8. The minimum atomic E-state index is -3.04. The number of rotatable bonds is 22. The minimum absolute atomic E-state index is 0.546. The van der Waals surface area contributed by atoms with Gasteiger partial charge in [0.25, 0.3) is 0 Å². The highest BCUT2D eigenvalue weighted by molar-refractivity contribution is 7.09. The third-order valence-corrected chi connectivity index (χ3v) is 8.33. The van der Waals surface area contributed by atoms with E-state index in [0.717, 1.165) is 13.0 Å². The molecule has 0 bridgehead atoms. The highest BCUT2D eigenvalue weighted by Crippen LogP contribution is 2.20. The fraction of sp³-hybridized carbons (Fsp3) is 1.00. The molecule has 0 saturated carbocycles. The Morgan fingerprint density at radius 3 is 1.34 bits per heavy atom. The van der Waals surface area contributed by atoms with Crippen molar-refractivity contribution in [3.05, 3.63) is 0 Å². The van der Waals surface area contributed by atoms with Crippen LogP contribution in [-0.4, -0.2) is 34.6 Å². The molecular weight excluding hydrogens is 402 g/mol. The Balaban J connectivity index is 3.37. The van der Waals surface area contributed by atoms with E-state index >= 15 is 0 Å². The average Bonchev–Trinajstić information content (AvgIpc) is 2.69. The molecule has 0 aromatic heterocycles. The fourth-order valence-corrected chi connectivity index (χ4v) is 5.16. The van der Waals surface area contributed by atoms with Crippen LogP contribution in [0.2, 0.25) is 0 Å². The first-order valence-corrected chi connectivity index (χ1v) is 14.9. The molecular formula is C23H50ClNO3Si. The molecule has 0 aromatic rings. The zero-order valence-corrected chi connectivity index (χ0v) is 21.9. The first-order valence-electron chi connectivity index (χ1n) is 12.1. The second-order valence-electron chi connectivity index (χ2n) is 8.73. The summed E-state index contributed by atoms with van der Waals surface area (Å²) < 4.78 is 16.2. The molecule has 0 aromatic carbocycles. The van der Waals surface area contributed by atoms with Crippen molar-refractivity contribution in [3.8, 4) is 0 Å². The van der Waals surface area contributed by atoms with E-state index in [0.29, 0.717) is 0 Å². The zero-order valence-electron chi connectivity index (χ0n) is 20.1. The molecule has 0 fully saturated rings. The van der Waals surface area contributed by atoms with E-state index in [2.05, 4.69) is 12.2 Å². The van der Waals surface area contributed by atoms with Crippen LogP contribution in [0.25, 0.3) is 0 Å². The van der Waals surface area contributed by atoms with Crippen LogP contribution in [-0.2, 0) is 13.3 Å². The third-order valence-electron chi connectivity index (χ3n) is 5.45. The summed E-state index contributed by atoms with van der Waals surface area (Å²) in [5.74, 6) is 0. The quantitative estimate of drug-likeness (QED) is 0.0797. The molecule has 6 heteroatoms. The molecule has 0 amide bonds. The highest BCUT2D eigenvalue weighted by atomic mass is 35.6. The van der Waals surface area contributed by atoms with Gasteiger partial charge in [-0.25, -0.2) is 0 Å². The molecule has 4 nitrogen and oxygen atoms in total. The van der Waals surface area contributed by atoms with Crippen LogP contribution >= 0.6 is 11.1 Å². The number of unbranched alkanes of at least 4 members (excludes halogenated alkanes) is 15. The Labute approximate surface area is 187 Å². The molecule has 0 rings (SSSR count). The van der Waals surface area contributed by atoms with Gasteiger partial charge in [0.05, 0.1) is 0 Å². The standard InChI is InChI=1S/C23H50ClNO3Si/c1-6-7-8-9-10-11-12-13-14-15-16-17-18-19-20-21-22-25-23(2,3)28-29(24,26-4)27-5/h25H,6-22H2,1-5H3. The van der Waals surface area contributed by atoms with Crippen LogP contribution in [0.3, 0.4) is 0 Å². The van der Waals surface area contributed by atoms with Gasteiger partial charge in [-0.2, -0.15) is 0 Å². The molecule has 0 aliphatic rings. The Bertz CT molecular complexity index is 355. The van der Waals surface area contributed by atoms with Crippen molar-refractivity contribution in [3.63, 3.8) is 0 Å². The summed E-state index contributed by atoms with van der Waals surface area (Å²) in [6.45, 7) is 7.12. The van der Waals surface area contributed by atoms with Crippen molar-refractivity contribution >= 4 is 19.2 Å². The molecule has 0 aliphatic heterocycles. The lowest BCUT2D eigenvalue weighted by atomic mass is 10.0. The molecule has 0 saturated heterocycles. The van der Waals surface area contributed by atoms with Crippen LogP contribution < -0.4 is 5.32 Å². The van der Waals surface area contributed by atoms with Gasteiger partial charge in [-0.1, -0.05) is 114 Å². The maximum Gasteiger partial charge on any atom is 0.614 e. The second kappa shape index (κ2) is 19.1.